The average molecular weight is 473 g/mol. The Bertz CT molecular complexity index is 1080. The highest BCUT2D eigenvalue weighted by Gasteiger charge is 2.27. The third-order valence-corrected chi connectivity index (χ3v) is 6.33. The minimum Gasteiger partial charge on any atom is -0.493 e. The normalized spacial score (nSPS) is 14.3. The molecule has 6 nitrogen and oxygen atoms in total. The predicted molar refractivity (Wildman–Crippen MR) is 138 cm³/mol. The van der Waals surface area contributed by atoms with E-state index in [-0.39, 0.29) is 11.9 Å². The molecule has 0 atom stereocenters. The molecule has 3 aromatic rings. The Balaban J connectivity index is 1.44. The van der Waals surface area contributed by atoms with E-state index in [9.17, 15) is 4.79 Å². The van der Waals surface area contributed by atoms with Crippen molar-refractivity contribution in [2.45, 2.75) is 6.04 Å². The van der Waals surface area contributed by atoms with Gasteiger partial charge in [0.2, 0.25) is 11.7 Å². The maximum Gasteiger partial charge on any atom is 0.246 e. The lowest BCUT2D eigenvalue weighted by atomic mass is 9.96. The summed E-state index contributed by atoms with van der Waals surface area (Å²) in [5, 5.41) is 0. The van der Waals surface area contributed by atoms with Crippen LogP contribution in [-0.4, -0.2) is 63.2 Å². The zero-order valence-electron chi connectivity index (χ0n) is 20.5. The minimum absolute atomic E-state index is 0.00521. The molecule has 1 saturated heterocycles. The number of ether oxygens (including phenoxy) is 3. The van der Waals surface area contributed by atoms with E-state index in [1.165, 1.54) is 11.1 Å². The number of carbonyl (C=O) groups excluding carboxylic acids is 1. The van der Waals surface area contributed by atoms with E-state index < -0.39 is 0 Å². The maximum absolute atomic E-state index is 13.0. The largest absolute Gasteiger partial charge is 0.493 e. The van der Waals surface area contributed by atoms with Gasteiger partial charge in [-0.1, -0.05) is 60.7 Å². The van der Waals surface area contributed by atoms with Crippen molar-refractivity contribution < 1.29 is 19.0 Å². The third-order valence-electron chi connectivity index (χ3n) is 6.33. The van der Waals surface area contributed by atoms with Gasteiger partial charge in [0.15, 0.2) is 11.5 Å². The molecule has 182 valence electrons. The van der Waals surface area contributed by atoms with Crippen LogP contribution in [0.1, 0.15) is 22.7 Å². The summed E-state index contributed by atoms with van der Waals surface area (Å²) in [6.45, 7) is 2.96. The van der Waals surface area contributed by atoms with Gasteiger partial charge in [0.1, 0.15) is 0 Å². The molecule has 6 heteroatoms. The molecule has 0 unspecified atom stereocenters. The van der Waals surface area contributed by atoms with Crippen LogP contribution in [0.2, 0.25) is 0 Å². The van der Waals surface area contributed by atoms with E-state index >= 15 is 0 Å². The summed E-state index contributed by atoms with van der Waals surface area (Å²) in [4.78, 5) is 17.3. The molecule has 0 aliphatic carbocycles. The highest BCUT2D eigenvalue weighted by Crippen LogP contribution is 2.38. The summed E-state index contributed by atoms with van der Waals surface area (Å²) in [6.07, 6.45) is 3.40. The van der Waals surface area contributed by atoms with Gasteiger partial charge in [-0.3, -0.25) is 9.69 Å². The Labute approximate surface area is 207 Å². The summed E-state index contributed by atoms with van der Waals surface area (Å²) in [7, 11) is 4.72. The molecule has 35 heavy (non-hydrogen) atoms. The Hall–Kier alpha value is -3.77. The number of amides is 1. The molecule has 1 fully saturated rings. The van der Waals surface area contributed by atoms with Crippen LogP contribution in [0, 0.1) is 0 Å². The fourth-order valence-electron chi connectivity index (χ4n) is 4.56. The number of nitrogens with zero attached hydrogens (tertiary/aromatic N) is 2. The molecule has 3 aromatic carbocycles. The molecule has 1 aliphatic heterocycles. The van der Waals surface area contributed by atoms with Gasteiger partial charge >= 0.3 is 0 Å². The standard InChI is InChI=1S/C29H32N2O4/c1-33-25-20-22(21-26(34-2)29(25)35-3)14-15-27(32)30-16-18-31(19-17-30)28(23-10-6-4-7-11-23)24-12-8-5-9-13-24/h4-15,20-21,28H,16-19H2,1-3H3/b15-14+. The van der Waals surface area contributed by atoms with Crippen LogP contribution in [0.4, 0.5) is 0 Å². The van der Waals surface area contributed by atoms with E-state index in [0.717, 1.165) is 18.7 Å². The topological polar surface area (TPSA) is 51.2 Å². The van der Waals surface area contributed by atoms with E-state index in [2.05, 4.69) is 53.4 Å². The van der Waals surface area contributed by atoms with Gasteiger partial charge in [0.05, 0.1) is 27.4 Å². The number of carbonyl (C=O) groups is 1. The van der Waals surface area contributed by atoms with Crippen LogP contribution in [0.15, 0.2) is 78.9 Å². The van der Waals surface area contributed by atoms with E-state index in [4.69, 9.17) is 14.2 Å². The molecule has 0 radical (unpaired) electrons. The van der Waals surface area contributed by atoms with Gasteiger partial charge < -0.3 is 19.1 Å². The maximum atomic E-state index is 13.0. The van der Waals surface area contributed by atoms with E-state index in [1.807, 2.05) is 29.2 Å². The van der Waals surface area contributed by atoms with Gasteiger partial charge in [0.25, 0.3) is 0 Å². The van der Waals surface area contributed by atoms with Crippen LogP contribution in [0.5, 0.6) is 17.2 Å². The lowest BCUT2D eigenvalue weighted by molar-refractivity contribution is -0.127. The number of methoxy groups -OCH3 is 3. The van der Waals surface area contributed by atoms with Gasteiger partial charge in [-0.15, -0.1) is 0 Å². The second-order valence-electron chi connectivity index (χ2n) is 8.38. The Morgan fingerprint density at radius 2 is 1.29 bits per heavy atom. The summed E-state index contributed by atoms with van der Waals surface area (Å²) in [5.41, 5.74) is 3.33. The number of rotatable bonds is 8. The first-order chi connectivity index (χ1) is 17.1. The molecule has 1 heterocycles. The molecule has 0 aromatic heterocycles. The van der Waals surface area contributed by atoms with Gasteiger partial charge in [-0.2, -0.15) is 0 Å². The second kappa shape index (κ2) is 11.6. The number of benzene rings is 3. The number of hydrogen-bond donors (Lipinski definition) is 0. The predicted octanol–water partition coefficient (Wildman–Crippen LogP) is 4.66. The third kappa shape index (κ3) is 5.66. The van der Waals surface area contributed by atoms with Crippen LogP contribution in [0.3, 0.4) is 0 Å². The molecular weight excluding hydrogens is 440 g/mol. The lowest BCUT2D eigenvalue weighted by Gasteiger charge is -2.39. The number of hydrogen-bond acceptors (Lipinski definition) is 5. The molecule has 0 spiro atoms. The average Bonchev–Trinajstić information content (AvgIpc) is 2.92. The minimum atomic E-state index is -0.00521. The molecule has 1 amide bonds. The van der Waals surface area contributed by atoms with Gasteiger partial charge in [-0.05, 0) is 34.9 Å². The summed E-state index contributed by atoms with van der Waals surface area (Å²) >= 11 is 0. The molecule has 1 aliphatic rings. The SMILES string of the molecule is COc1cc(/C=C/C(=O)N2CCN(C(c3ccccc3)c3ccccc3)CC2)cc(OC)c1OC. The monoisotopic (exact) mass is 472 g/mol. The first kappa shape index (κ1) is 24.4. The molecule has 4 rings (SSSR count). The Morgan fingerprint density at radius 3 is 1.74 bits per heavy atom. The van der Waals surface area contributed by atoms with Crippen LogP contribution in [-0.2, 0) is 4.79 Å². The summed E-state index contributed by atoms with van der Waals surface area (Å²) in [5.74, 6) is 1.64. The Kier molecular flexibility index (Phi) is 8.06. The lowest BCUT2D eigenvalue weighted by Crippen LogP contribution is -2.49. The van der Waals surface area contributed by atoms with Crippen molar-refractivity contribution in [2.24, 2.45) is 0 Å². The second-order valence-corrected chi connectivity index (χ2v) is 8.38. The molecule has 0 N–H and O–H groups in total. The zero-order valence-corrected chi connectivity index (χ0v) is 20.5. The summed E-state index contributed by atoms with van der Waals surface area (Å²) < 4.78 is 16.2. The highest BCUT2D eigenvalue weighted by molar-refractivity contribution is 5.92. The van der Waals surface area contributed by atoms with Crippen LogP contribution < -0.4 is 14.2 Å². The number of piperazine rings is 1. The zero-order chi connectivity index (χ0) is 24.6. The van der Waals surface area contributed by atoms with Crippen molar-refractivity contribution in [2.75, 3.05) is 47.5 Å². The van der Waals surface area contributed by atoms with E-state index in [1.54, 1.807) is 33.5 Å². The summed E-state index contributed by atoms with van der Waals surface area (Å²) in [6, 6.07) is 24.9. The van der Waals surface area contributed by atoms with Crippen molar-refractivity contribution in [3.63, 3.8) is 0 Å². The molecule has 0 bridgehead atoms. The van der Waals surface area contributed by atoms with Crippen LogP contribution in [0.25, 0.3) is 6.08 Å². The Morgan fingerprint density at radius 1 is 0.771 bits per heavy atom. The first-order valence-electron chi connectivity index (χ1n) is 11.8. The van der Waals surface area contributed by atoms with Gasteiger partial charge in [-0.25, -0.2) is 0 Å². The van der Waals surface area contributed by atoms with E-state index in [0.29, 0.717) is 30.3 Å². The quantitative estimate of drug-likeness (QED) is 0.447. The highest BCUT2D eigenvalue weighted by atomic mass is 16.5. The molecule has 0 saturated carbocycles. The fraction of sp³-hybridized carbons (Fsp3) is 0.276. The van der Waals surface area contributed by atoms with Crippen molar-refractivity contribution in [3.05, 3.63) is 95.6 Å². The van der Waals surface area contributed by atoms with Crippen molar-refractivity contribution in [1.29, 1.82) is 0 Å². The first-order valence-corrected chi connectivity index (χ1v) is 11.8. The fourth-order valence-corrected chi connectivity index (χ4v) is 4.56. The smallest absolute Gasteiger partial charge is 0.246 e. The van der Waals surface area contributed by atoms with Crippen molar-refractivity contribution in [3.8, 4) is 17.2 Å². The van der Waals surface area contributed by atoms with Crippen molar-refractivity contribution >= 4 is 12.0 Å². The molecular formula is C29H32N2O4. The van der Waals surface area contributed by atoms with Crippen molar-refractivity contribution in [1.82, 2.24) is 9.80 Å². The van der Waals surface area contributed by atoms with Crippen LogP contribution >= 0.6 is 0 Å². The van der Waals surface area contributed by atoms with Gasteiger partial charge in [0, 0.05) is 32.3 Å².